The third-order valence-corrected chi connectivity index (χ3v) is 4.14. The van der Waals surface area contributed by atoms with Gasteiger partial charge >= 0.3 is 0 Å². The number of halogens is 1. The average Bonchev–Trinajstić information content (AvgIpc) is 2.54. The van der Waals surface area contributed by atoms with Crippen molar-refractivity contribution in [3.8, 4) is 23.0 Å². The molecule has 0 atom stereocenters. The second-order valence-corrected chi connectivity index (χ2v) is 7.11. The third kappa shape index (κ3) is 5.73. The maximum Gasteiger partial charge on any atom is 0.139 e. The van der Waals surface area contributed by atoms with Gasteiger partial charge in [0.2, 0.25) is 0 Å². The van der Waals surface area contributed by atoms with Crippen molar-refractivity contribution in [2.24, 2.45) is 0 Å². The van der Waals surface area contributed by atoms with Gasteiger partial charge in [0.05, 0.1) is 5.56 Å². The molecular formula is C23H27FO. The predicted molar refractivity (Wildman–Crippen MR) is 103 cm³/mol. The van der Waals surface area contributed by atoms with Crippen LogP contribution in [0, 0.1) is 24.6 Å². The molecule has 0 unspecified atom stereocenters. The summed E-state index contributed by atoms with van der Waals surface area (Å²) in [6.45, 7) is 7.23. The highest BCUT2D eigenvalue weighted by Crippen LogP contribution is 2.25. The summed E-state index contributed by atoms with van der Waals surface area (Å²) in [5, 5.41) is 9.70. The Kier molecular flexibility index (Phi) is 6.39. The van der Waals surface area contributed by atoms with Gasteiger partial charge in [-0.1, -0.05) is 55.9 Å². The number of benzene rings is 2. The summed E-state index contributed by atoms with van der Waals surface area (Å²) >= 11 is 0. The lowest BCUT2D eigenvalue weighted by Gasteiger charge is -2.09. The van der Waals surface area contributed by atoms with Gasteiger partial charge in [0.1, 0.15) is 11.4 Å². The molecule has 25 heavy (non-hydrogen) atoms. The first-order valence-corrected chi connectivity index (χ1v) is 8.95. The van der Waals surface area contributed by atoms with E-state index in [0.717, 1.165) is 23.1 Å². The molecule has 2 aromatic carbocycles. The molecule has 0 fully saturated rings. The Bertz CT molecular complexity index is 747. The fourth-order valence-electron chi connectivity index (χ4n) is 2.73. The van der Waals surface area contributed by atoms with Crippen LogP contribution in [0.4, 0.5) is 4.39 Å². The molecule has 0 saturated heterocycles. The van der Waals surface area contributed by atoms with Crippen LogP contribution in [0.3, 0.4) is 0 Å². The van der Waals surface area contributed by atoms with Crippen molar-refractivity contribution in [3.05, 3.63) is 58.9 Å². The molecule has 2 aromatic rings. The molecule has 0 aliphatic carbocycles. The summed E-state index contributed by atoms with van der Waals surface area (Å²) in [5.74, 6) is 5.09. The molecule has 2 heteroatoms. The minimum Gasteiger partial charge on any atom is -0.378 e. The lowest BCUT2D eigenvalue weighted by Crippen LogP contribution is -2.14. The standard InChI is InChI=1S/C23H27FO/c1-5-6-7-8-18-9-11-19(12-10-18)20-15-17(2)21(22(24)16-20)13-14-23(3,4)25/h9-12,15-16,25H,5-8H2,1-4H3. The molecule has 0 amide bonds. The summed E-state index contributed by atoms with van der Waals surface area (Å²) < 4.78 is 14.5. The molecule has 2 rings (SSSR count). The summed E-state index contributed by atoms with van der Waals surface area (Å²) in [6, 6.07) is 11.8. The van der Waals surface area contributed by atoms with Crippen LogP contribution in [0.1, 0.15) is 56.7 Å². The van der Waals surface area contributed by atoms with Crippen LogP contribution in [-0.2, 0) is 6.42 Å². The Labute approximate surface area is 150 Å². The predicted octanol–water partition coefficient (Wildman–Crippen LogP) is 5.66. The third-order valence-electron chi connectivity index (χ3n) is 4.14. The van der Waals surface area contributed by atoms with E-state index in [0.29, 0.717) is 5.56 Å². The van der Waals surface area contributed by atoms with E-state index in [1.54, 1.807) is 13.8 Å². The SMILES string of the molecule is CCCCCc1ccc(-c2cc(C)c(C#CC(C)(C)O)c(F)c2)cc1. The topological polar surface area (TPSA) is 20.2 Å². The van der Waals surface area contributed by atoms with Crippen molar-refractivity contribution in [2.75, 3.05) is 0 Å². The minimum absolute atomic E-state index is 0.348. The number of hydrogen-bond donors (Lipinski definition) is 1. The van der Waals surface area contributed by atoms with Crippen molar-refractivity contribution in [2.45, 2.75) is 59.0 Å². The van der Waals surface area contributed by atoms with Gasteiger partial charge in [-0.05, 0) is 68.0 Å². The Morgan fingerprint density at radius 3 is 2.28 bits per heavy atom. The number of unbranched alkanes of at least 4 members (excludes halogenated alkanes) is 2. The van der Waals surface area contributed by atoms with E-state index in [9.17, 15) is 9.50 Å². The minimum atomic E-state index is -1.13. The molecule has 0 aromatic heterocycles. The first kappa shape index (κ1) is 19.2. The zero-order valence-electron chi connectivity index (χ0n) is 15.6. The molecule has 1 nitrogen and oxygen atoms in total. The number of aliphatic hydroxyl groups is 1. The van der Waals surface area contributed by atoms with Gasteiger partial charge in [0, 0.05) is 0 Å². The van der Waals surface area contributed by atoms with Crippen LogP contribution in [0.25, 0.3) is 11.1 Å². The van der Waals surface area contributed by atoms with E-state index in [2.05, 4.69) is 43.0 Å². The van der Waals surface area contributed by atoms with Gasteiger partial charge < -0.3 is 5.11 Å². The summed E-state index contributed by atoms with van der Waals surface area (Å²) in [7, 11) is 0. The smallest absolute Gasteiger partial charge is 0.139 e. The summed E-state index contributed by atoms with van der Waals surface area (Å²) in [5.41, 5.74) is 3.17. The molecule has 0 aliphatic heterocycles. The van der Waals surface area contributed by atoms with E-state index >= 15 is 0 Å². The van der Waals surface area contributed by atoms with Crippen molar-refractivity contribution < 1.29 is 9.50 Å². The normalized spacial score (nSPS) is 11.1. The second kappa shape index (κ2) is 8.32. The highest BCUT2D eigenvalue weighted by Gasteiger charge is 2.10. The first-order valence-electron chi connectivity index (χ1n) is 8.95. The van der Waals surface area contributed by atoms with Crippen molar-refractivity contribution in [3.63, 3.8) is 0 Å². The van der Waals surface area contributed by atoms with Crippen LogP contribution in [0.15, 0.2) is 36.4 Å². The highest BCUT2D eigenvalue weighted by atomic mass is 19.1. The quantitative estimate of drug-likeness (QED) is 0.551. The van der Waals surface area contributed by atoms with Crippen LogP contribution < -0.4 is 0 Å². The Hall–Kier alpha value is -2.11. The average molecular weight is 338 g/mol. The fourth-order valence-corrected chi connectivity index (χ4v) is 2.73. The lowest BCUT2D eigenvalue weighted by molar-refractivity contribution is 0.143. The zero-order chi connectivity index (χ0) is 18.4. The molecule has 0 spiro atoms. The molecule has 0 heterocycles. The lowest BCUT2D eigenvalue weighted by atomic mass is 9.97. The molecule has 1 N–H and O–H groups in total. The van der Waals surface area contributed by atoms with E-state index in [1.165, 1.54) is 30.9 Å². The first-order chi connectivity index (χ1) is 11.8. The Balaban J connectivity index is 2.24. The van der Waals surface area contributed by atoms with Crippen molar-refractivity contribution in [1.29, 1.82) is 0 Å². The zero-order valence-corrected chi connectivity index (χ0v) is 15.6. The van der Waals surface area contributed by atoms with Gasteiger partial charge in [-0.2, -0.15) is 0 Å². The largest absolute Gasteiger partial charge is 0.378 e. The fraction of sp³-hybridized carbons (Fsp3) is 0.391. The van der Waals surface area contributed by atoms with Crippen LogP contribution >= 0.6 is 0 Å². The van der Waals surface area contributed by atoms with E-state index in [4.69, 9.17) is 0 Å². The van der Waals surface area contributed by atoms with Gasteiger partial charge in [-0.3, -0.25) is 0 Å². The van der Waals surface area contributed by atoms with E-state index in [1.807, 2.05) is 13.0 Å². The van der Waals surface area contributed by atoms with Crippen LogP contribution in [-0.4, -0.2) is 10.7 Å². The Morgan fingerprint density at radius 2 is 1.72 bits per heavy atom. The van der Waals surface area contributed by atoms with Crippen LogP contribution in [0.5, 0.6) is 0 Å². The monoisotopic (exact) mass is 338 g/mol. The Morgan fingerprint density at radius 1 is 1.04 bits per heavy atom. The van der Waals surface area contributed by atoms with Gasteiger partial charge in [-0.25, -0.2) is 4.39 Å². The maximum absolute atomic E-state index is 14.5. The van der Waals surface area contributed by atoms with Gasteiger partial charge in [0.25, 0.3) is 0 Å². The van der Waals surface area contributed by atoms with E-state index in [-0.39, 0.29) is 5.82 Å². The number of rotatable bonds is 5. The molecular weight excluding hydrogens is 311 g/mol. The second-order valence-electron chi connectivity index (χ2n) is 7.11. The molecule has 132 valence electrons. The van der Waals surface area contributed by atoms with Gasteiger partial charge in [-0.15, -0.1) is 0 Å². The summed E-state index contributed by atoms with van der Waals surface area (Å²) in [6.07, 6.45) is 4.77. The van der Waals surface area contributed by atoms with Gasteiger partial charge in [0.15, 0.2) is 0 Å². The number of aryl methyl sites for hydroxylation is 2. The van der Waals surface area contributed by atoms with Crippen molar-refractivity contribution >= 4 is 0 Å². The molecule has 0 saturated carbocycles. The maximum atomic E-state index is 14.5. The molecule has 0 radical (unpaired) electrons. The van der Waals surface area contributed by atoms with Crippen molar-refractivity contribution in [1.82, 2.24) is 0 Å². The molecule has 0 bridgehead atoms. The highest BCUT2D eigenvalue weighted by molar-refractivity contribution is 5.66. The van der Waals surface area contributed by atoms with E-state index < -0.39 is 5.60 Å². The molecule has 0 aliphatic rings. The number of hydrogen-bond acceptors (Lipinski definition) is 1. The summed E-state index contributed by atoms with van der Waals surface area (Å²) in [4.78, 5) is 0. The van der Waals surface area contributed by atoms with Crippen LogP contribution in [0.2, 0.25) is 0 Å².